The Kier molecular flexibility index (Phi) is 9.93. The number of para-hydroxylation sites is 1. The largest absolute Gasteiger partial charge is 0.381 e. The lowest BCUT2D eigenvalue weighted by Gasteiger charge is -2.18. The Labute approximate surface area is 156 Å². The third-order valence-corrected chi connectivity index (χ3v) is 5.04. The number of hydrogen-bond donors (Lipinski definition) is 0. The molecule has 0 saturated heterocycles. The van der Waals surface area contributed by atoms with Crippen LogP contribution < -0.4 is 0 Å². The zero-order chi connectivity index (χ0) is 17.7. The summed E-state index contributed by atoms with van der Waals surface area (Å²) in [6.07, 6.45) is 4.63. The van der Waals surface area contributed by atoms with Crippen LogP contribution in [0.3, 0.4) is 0 Å². The predicted octanol–water partition coefficient (Wildman–Crippen LogP) is 5.64. The third kappa shape index (κ3) is 7.35. The lowest BCUT2D eigenvalue weighted by atomic mass is 10.1. The van der Waals surface area contributed by atoms with Crippen molar-refractivity contribution in [1.82, 2.24) is 4.98 Å². The monoisotopic (exact) mass is 361 g/mol. The van der Waals surface area contributed by atoms with Gasteiger partial charge in [0.25, 0.3) is 0 Å². The van der Waals surface area contributed by atoms with Gasteiger partial charge in [0.15, 0.2) is 0 Å². The van der Waals surface area contributed by atoms with E-state index < -0.39 is 0 Å². The highest BCUT2D eigenvalue weighted by molar-refractivity contribution is 7.99. The number of unbranched alkanes of at least 4 members (excludes halogenated alkanes) is 2. The second-order valence-corrected chi connectivity index (χ2v) is 7.33. The van der Waals surface area contributed by atoms with Crippen LogP contribution in [0.15, 0.2) is 36.4 Å². The van der Waals surface area contributed by atoms with Crippen LogP contribution in [0.4, 0.5) is 0 Å². The maximum Gasteiger partial charge on any atom is 0.108 e. The van der Waals surface area contributed by atoms with Gasteiger partial charge in [-0.25, -0.2) is 0 Å². The smallest absolute Gasteiger partial charge is 0.108 e. The lowest BCUT2D eigenvalue weighted by molar-refractivity contribution is 0.0642. The molecule has 4 heteroatoms. The first kappa shape index (κ1) is 20.2. The molecule has 0 fully saturated rings. The van der Waals surface area contributed by atoms with Gasteiger partial charge in [-0.1, -0.05) is 51.0 Å². The van der Waals surface area contributed by atoms with E-state index in [1.165, 1.54) is 11.8 Å². The summed E-state index contributed by atoms with van der Waals surface area (Å²) in [7, 11) is 0. The molecular formula is C21H31NO2S. The molecule has 1 aromatic heterocycles. The predicted molar refractivity (Wildman–Crippen MR) is 108 cm³/mol. The number of benzene rings is 1. The van der Waals surface area contributed by atoms with Gasteiger partial charge in [-0.05, 0) is 25.0 Å². The molecule has 138 valence electrons. The molecule has 1 aromatic carbocycles. The van der Waals surface area contributed by atoms with Crippen molar-refractivity contribution in [3.8, 4) is 0 Å². The van der Waals surface area contributed by atoms with E-state index in [-0.39, 0.29) is 6.10 Å². The fourth-order valence-corrected chi connectivity index (χ4v) is 3.39. The molecule has 0 spiro atoms. The summed E-state index contributed by atoms with van der Waals surface area (Å²) in [6, 6.07) is 12.5. The van der Waals surface area contributed by atoms with Crippen molar-refractivity contribution < 1.29 is 9.47 Å². The Hall–Kier alpha value is -1.10. The van der Waals surface area contributed by atoms with E-state index in [9.17, 15) is 0 Å². The number of ether oxygens (including phenoxy) is 2. The second kappa shape index (κ2) is 12.3. The number of fused-ring (bicyclic) bond motifs is 1. The summed E-state index contributed by atoms with van der Waals surface area (Å²) >= 11 is 1.89. The van der Waals surface area contributed by atoms with Crippen LogP contribution in [0.25, 0.3) is 10.9 Å². The van der Waals surface area contributed by atoms with Gasteiger partial charge >= 0.3 is 0 Å². The molecule has 0 aliphatic rings. The van der Waals surface area contributed by atoms with E-state index >= 15 is 0 Å². The zero-order valence-electron chi connectivity index (χ0n) is 15.6. The molecule has 25 heavy (non-hydrogen) atoms. The molecule has 0 aliphatic heterocycles. The zero-order valence-corrected chi connectivity index (χ0v) is 16.4. The maximum absolute atomic E-state index is 6.14. The SMILES string of the molecule is CCCCOCCSCC(OCCCC)c1ccc2ccccc2n1. The van der Waals surface area contributed by atoms with E-state index in [1.807, 2.05) is 23.9 Å². The van der Waals surface area contributed by atoms with Gasteiger partial charge in [0, 0.05) is 30.1 Å². The first-order chi connectivity index (χ1) is 12.3. The summed E-state index contributed by atoms with van der Waals surface area (Å²) in [5.74, 6) is 1.93. The molecule has 0 N–H and O–H groups in total. The number of aromatic nitrogens is 1. The third-order valence-electron chi connectivity index (χ3n) is 4.05. The highest BCUT2D eigenvalue weighted by Crippen LogP contribution is 2.23. The Morgan fingerprint density at radius 1 is 0.960 bits per heavy atom. The standard InChI is InChI=1S/C21H31NO2S/c1-3-5-13-23-15-16-25-17-21(24-14-6-4-2)20-12-11-18-9-7-8-10-19(18)22-20/h7-12,21H,3-6,13-17H2,1-2H3. The number of hydrogen-bond acceptors (Lipinski definition) is 4. The van der Waals surface area contributed by atoms with Crippen molar-refractivity contribution in [2.45, 2.75) is 45.6 Å². The van der Waals surface area contributed by atoms with Crippen molar-refractivity contribution >= 4 is 22.7 Å². The number of pyridine rings is 1. The second-order valence-electron chi connectivity index (χ2n) is 6.18. The van der Waals surface area contributed by atoms with Gasteiger partial charge in [0.05, 0.1) is 17.8 Å². The minimum Gasteiger partial charge on any atom is -0.381 e. The van der Waals surface area contributed by atoms with E-state index in [2.05, 4.69) is 38.1 Å². The van der Waals surface area contributed by atoms with E-state index in [1.54, 1.807) is 0 Å². The van der Waals surface area contributed by atoms with Gasteiger partial charge < -0.3 is 9.47 Å². The Bertz CT molecular complexity index is 605. The van der Waals surface area contributed by atoms with Crippen LogP contribution in [0, 0.1) is 0 Å². The van der Waals surface area contributed by atoms with E-state index in [0.29, 0.717) is 0 Å². The van der Waals surface area contributed by atoms with Crippen LogP contribution in [0.5, 0.6) is 0 Å². The van der Waals surface area contributed by atoms with Crippen molar-refractivity contribution in [3.63, 3.8) is 0 Å². The van der Waals surface area contributed by atoms with Gasteiger partial charge in [-0.3, -0.25) is 4.98 Å². The van der Waals surface area contributed by atoms with Crippen molar-refractivity contribution in [3.05, 3.63) is 42.1 Å². The van der Waals surface area contributed by atoms with Crippen molar-refractivity contribution in [2.75, 3.05) is 31.3 Å². The molecule has 0 saturated carbocycles. The molecular weight excluding hydrogens is 330 g/mol. The summed E-state index contributed by atoms with van der Waals surface area (Å²) in [5.41, 5.74) is 2.08. The lowest BCUT2D eigenvalue weighted by Crippen LogP contribution is -2.11. The topological polar surface area (TPSA) is 31.4 Å². The van der Waals surface area contributed by atoms with Gasteiger partial charge in [-0.15, -0.1) is 0 Å². The van der Waals surface area contributed by atoms with Crippen LogP contribution >= 0.6 is 11.8 Å². The van der Waals surface area contributed by atoms with Crippen LogP contribution in [-0.2, 0) is 9.47 Å². The highest BCUT2D eigenvalue weighted by Gasteiger charge is 2.14. The fraction of sp³-hybridized carbons (Fsp3) is 0.571. The van der Waals surface area contributed by atoms with Crippen LogP contribution in [0.2, 0.25) is 0 Å². The van der Waals surface area contributed by atoms with E-state index in [4.69, 9.17) is 14.5 Å². The Morgan fingerprint density at radius 2 is 1.76 bits per heavy atom. The Morgan fingerprint density at radius 3 is 2.60 bits per heavy atom. The molecule has 2 aromatic rings. The molecule has 0 bridgehead atoms. The number of rotatable bonds is 13. The summed E-state index contributed by atoms with van der Waals surface area (Å²) in [5, 5.41) is 1.18. The van der Waals surface area contributed by atoms with Crippen molar-refractivity contribution in [1.29, 1.82) is 0 Å². The molecule has 1 unspecified atom stereocenters. The molecule has 0 aliphatic carbocycles. The molecule has 3 nitrogen and oxygen atoms in total. The van der Waals surface area contributed by atoms with Gasteiger partial charge in [-0.2, -0.15) is 11.8 Å². The van der Waals surface area contributed by atoms with Gasteiger partial charge in [0.1, 0.15) is 6.10 Å². The maximum atomic E-state index is 6.14. The molecule has 1 heterocycles. The first-order valence-corrected chi connectivity index (χ1v) is 10.6. The molecule has 0 amide bonds. The van der Waals surface area contributed by atoms with Crippen LogP contribution in [0.1, 0.15) is 51.3 Å². The van der Waals surface area contributed by atoms with E-state index in [0.717, 1.165) is 61.8 Å². The first-order valence-electron chi connectivity index (χ1n) is 9.48. The quantitative estimate of drug-likeness (QED) is 0.432. The number of thioether (sulfide) groups is 1. The normalized spacial score (nSPS) is 12.6. The summed E-state index contributed by atoms with van der Waals surface area (Å²) in [4.78, 5) is 4.82. The minimum absolute atomic E-state index is 0.0526. The fourth-order valence-electron chi connectivity index (χ4n) is 2.51. The molecule has 1 atom stereocenters. The van der Waals surface area contributed by atoms with Gasteiger partial charge in [0.2, 0.25) is 0 Å². The minimum atomic E-state index is 0.0526. The summed E-state index contributed by atoms with van der Waals surface area (Å²) < 4.78 is 11.8. The van der Waals surface area contributed by atoms with Crippen LogP contribution in [-0.4, -0.2) is 36.3 Å². The molecule has 0 radical (unpaired) electrons. The van der Waals surface area contributed by atoms with Crippen molar-refractivity contribution in [2.24, 2.45) is 0 Å². The number of nitrogens with zero attached hydrogens (tertiary/aromatic N) is 1. The highest BCUT2D eigenvalue weighted by atomic mass is 32.2. The average Bonchev–Trinajstić information content (AvgIpc) is 2.65. The average molecular weight is 362 g/mol. The summed E-state index contributed by atoms with van der Waals surface area (Å²) in [6.45, 7) is 6.86. The molecule has 2 rings (SSSR count). The Balaban J connectivity index is 1.89.